The number of hydrogen-bond acceptors (Lipinski definition) is 8. The van der Waals surface area contributed by atoms with Gasteiger partial charge in [-0.25, -0.2) is 22.7 Å². The summed E-state index contributed by atoms with van der Waals surface area (Å²) >= 11 is 0. The fraction of sp³-hybridized carbons (Fsp3) is 0.483. The third-order valence-corrected chi connectivity index (χ3v) is 7.76. The maximum Gasteiger partial charge on any atom is 0.407 e. The summed E-state index contributed by atoms with van der Waals surface area (Å²) < 4.78 is 42.6. The van der Waals surface area contributed by atoms with Crippen LogP contribution in [0.25, 0.3) is 11.1 Å². The van der Waals surface area contributed by atoms with Gasteiger partial charge in [0, 0.05) is 19.0 Å². The number of nitrogens with one attached hydrogen (secondary N) is 3. The molecule has 0 fully saturated rings. The Balaban J connectivity index is 1.39. The van der Waals surface area contributed by atoms with Gasteiger partial charge in [-0.2, -0.15) is 0 Å². The van der Waals surface area contributed by atoms with Gasteiger partial charge >= 0.3 is 18.2 Å². The van der Waals surface area contributed by atoms with Gasteiger partial charge in [-0.1, -0.05) is 48.5 Å². The normalized spacial score (nSPS) is 13.5. The molecule has 0 saturated carbocycles. The van der Waals surface area contributed by atoms with Crippen molar-refractivity contribution in [1.82, 2.24) is 15.4 Å². The second-order valence-corrected chi connectivity index (χ2v) is 12.6. The van der Waals surface area contributed by atoms with Crippen molar-refractivity contribution in [3.05, 3.63) is 59.7 Å². The van der Waals surface area contributed by atoms with E-state index in [1.807, 2.05) is 36.4 Å². The van der Waals surface area contributed by atoms with Crippen LogP contribution < -0.4 is 15.4 Å². The van der Waals surface area contributed by atoms with Gasteiger partial charge in [0.1, 0.15) is 18.2 Å². The molecule has 1 aliphatic carbocycles. The summed E-state index contributed by atoms with van der Waals surface area (Å²) in [6, 6.07) is 15.1. The number of carbonyl (C=O) groups is 3. The molecule has 224 valence electrons. The van der Waals surface area contributed by atoms with Crippen molar-refractivity contribution < 1.29 is 37.0 Å². The first kappa shape index (κ1) is 31.9. The van der Waals surface area contributed by atoms with Crippen LogP contribution >= 0.6 is 0 Å². The van der Waals surface area contributed by atoms with Crippen molar-refractivity contribution in [3.63, 3.8) is 0 Å². The number of hydrogen-bond donors (Lipinski definition) is 3. The summed E-state index contributed by atoms with van der Waals surface area (Å²) in [6.07, 6.45) is -0.199. The molecule has 0 unspecified atom stereocenters. The largest absolute Gasteiger partial charge is 0.468 e. The molecule has 11 nitrogen and oxygen atoms in total. The van der Waals surface area contributed by atoms with Gasteiger partial charge in [0.25, 0.3) is 0 Å². The van der Waals surface area contributed by atoms with Gasteiger partial charge in [0.2, 0.25) is 10.0 Å². The number of sulfonamides is 1. The molecular formula is C29H39N3O8S. The van der Waals surface area contributed by atoms with Gasteiger partial charge < -0.3 is 24.8 Å². The highest BCUT2D eigenvalue weighted by molar-refractivity contribution is 7.89. The first-order valence-electron chi connectivity index (χ1n) is 13.5. The molecule has 41 heavy (non-hydrogen) atoms. The Bertz CT molecular complexity index is 1280. The van der Waals surface area contributed by atoms with E-state index in [0.717, 1.165) is 22.3 Å². The van der Waals surface area contributed by atoms with E-state index >= 15 is 0 Å². The maximum absolute atomic E-state index is 12.5. The summed E-state index contributed by atoms with van der Waals surface area (Å²) in [7, 11) is -2.73. The highest BCUT2D eigenvalue weighted by atomic mass is 32.2. The lowest BCUT2D eigenvalue weighted by Crippen LogP contribution is -2.44. The van der Waals surface area contributed by atoms with E-state index in [2.05, 4.69) is 27.5 Å². The molecule has 1 atom stereocenters. The van der Waals surface area contributed by atoms with Crippen LogP contribution in [0.15, 0.2) is 48.5 Å². The monoisotopic (exact) mass is 589 g/mol. The zero-order valence-electron chi connectivity index (χ0n) is 23.9. The molecule has 0 aliphatic heterocycles. The maximum atomic E-state index is 12.5. The Morgan fingerprint density at radius 3 is 2.05 bits per heavy atom. The standard InChI is InChI=1S/C29H39N3O8S/c1-29(2,3)40-28(35)31-17-18-41(36,37)32-25(26(33)38-4)15-9-10-16-30-27(34)39-19-24-22-13-7-5-11-20(22)21-12-6-8-14-23(21)24/h5-8,11-14,24-25,32H,9-10,15-19H2,1-4H3,(H,30,34)(H,31,35)/t25-/m0/s1. The van der Waals surface area contributed by atoms with Gasteiger partial charge in [-0.3, -0.25) is 4.79 Å². The minimum atomic E-state index is -3.90. The quantitative estimate of drug-likeness (QED) is 0.182. The predicted octanol–water partition coefficient (Wildman–Crippen LogP) is 3.68. The average Bonchev–Trinajstić information content (AvgIpc) is 3.23. The number of fused-ring (bicyclic) bond motifs is 3. The lowest BCUT2D eigenvalue weighted by molar-refractivity contribution is -0.142. The lowest BCUT2D eigenvalue weighted by atomic mass is 9.98. The number of ether oxygens (including phenoxy) is 3. The lowest BCUT2D eigenvalue weighted by Gasteiger charge is -2.20. The van der Waals surface area contributed by atoms with Gasteiger partial charge in [0.05, 0.1) is 12.9 Å². The Hall–Kier alpha value is -3.64. The highest BCUT2D eigenvalue weighted by Gasteiger charge is 2.29. The molecule has 3 N–H and O–H groups in total. The Morgan fingerprint density at radius 1 is 0.878 bits per heavy atom. The molecule has 2 amide bonds. The van der Waals surface area contributed by atoms with Crippen molar-refractivity contribution in [2.75, 3.05) is 32.6 Å². The summed E-state index contributed by atoms with van der Waals surface area (Å²) in [5, 5.41) is 5.08. The minimum absolute atomic E-state index is 0.0404. The Kier molecular flexibility index (Phi) is 11.1. The average molecular weight is 590 g/mol. The zero-order chi connectivity index (χ0) is 30.0. The molecule has 0 heterocycles. The molecule has 0 spiro atoms. The number of methoxy groups -OCH3 is 1. The second-order valence-electron chi connectivity index (χ2n) is 10.7. The number of esters is 1. The molecule has 12 heteroatoms. The van der Waals surface area contributed by atoms with Gasteiger partial charge in [-0.15, -0.1) is 0 Å². The Morgan fingerprint density at radius 2 is 1.46 bits per heavy atom. The van der Waals surface area contributed by atoms with Crippen LogP contribution in [0.5, 0.6) is 0 Å². The third kappa shape index (κ3) is 9.75. The molecule has 3 rings (SSSR count). The summed E-state index contributed by atoms with van der Waals surface area (Å²) in [4.78, 5) is 36.2. The van der Waals surface area contributed by atoms with Gasteiger partial charge in [-0.05, 0) is 62.3 Å². The van der Waals surface area contributed by atoms with Crippen LogP contribution in [0.3, 0.4) is 0 Å². The van der Waals surface area contributed by atoms with Crippen molar-refractivity contribution >= 4 is 28.2 Å². The van der Waals surface area contributed by atoms with Crippen LogP contribution in [-0.4, -0.2) is 70.8 Å². The smallest absolute Gasteiger partial charge is 0.407 e. The fourth-order valence-corrected chi connectivity index (χ4v) is 5.69. The number of alkyl carbamates (subject to hydrolysis) is 2. The van der Waals surface area contributed by atoms with E-state index < -0.39 is 45.6 Å². The van der Waals surface area contributed by atoms with Crippen LogP contribution in [0.2, 0.25) is 0 Å². The van der Waals surface area contributed by atoms with Crippen LogP contribution in [0.1, 0.15) is 57.1 Å². The van der Waals surface area contributed by atoms with E-state index in [4.69, 9.17) is 14.2 Å². The highest BCUT2D eigenvalue weighted by Crippen LogP contribution is 2.44. The first-order chi connectivity index (χ1) is 19.4. The second kappa shape index (κ2) is 14.3. The topological polar surface area (TPSA) is 149 Å². The van der Waals surface area contributed by atoms with E-state index in [9.17, 15) is 22.8 Å². The van der Waals surface area contributed by atoms with Crippen molar-refractivity contribution in [2.24, 2.45) is 0 Å². The molecule has 0 bridgehead atoms. The van der Waals surface area contributed by atoms with E-state index in [-0.39, 0.29) is 32.0 Å². The summed E-state index contributed by atoms with van der Waals surface area (Å²) in [5.74, 6) is -1.21. The van der Waals surface area contributed by atoms with Crippen molar-refractivity contribution in [2.45, 2.75) is 57.6 Å². The molecule has 1 aliphatic rings. The molecule has 2 aromatic rings. The number of benzene rings is 2. The zero-order valence-corrected chi connectivity index (χ0v) is 24.7. The van der Waals surface area contributed by atoms with Crippen molar-refractivity contribution in [1.29, 1.82) is 0 Å². The van der Waals surface area contributed by atoms with Gasteiger partial charge in [0.15, 0.2) is 0 Å². The Labute approximate surface area is 241 Å². The molecular weight excluding hydrogens is 550 g/mol. The van der Waals surface area contributed by atoms with E-state index in [1.54, 1.807) is 20.8 Å². The summed E-state index contributed by atoms with van der Waals surface area (Å²) in [6.45, 7) is 5.38. The van der Waals surface area contributed by atoms with E-state index in [0.29, 0.717) is 12.8 Å². The SMILES string of the molecule is COC(=O)[C@H](CCCCNC(=O)OCC1c2ccccc2-c2ccccc21)NS(=O)(=O)CCNC(=O)OC(C)(C)C. The number of unbranched alkanes of at least 4 members (excludes halogenated alkanes) is 1. The first-order valence-corrected chi connectivity index (χ1v) is 15.2. The predicted molar refractivity (Wildman–Crippen MR) is 154 cm³/mol. The molecule has 0 radical (unpaired) electrons. The van der Waals surface area contributed by atoms with E-state index in [1.165, 1.54) is 7.11 Å². The van der Waals surface area contributed by atoms with Crippen LogP contribution in [-0.2, 0) is 29.0 Å². The van der Waals surface area contributed by atoms with Crippen LogP contribution in [0, 0.1) is 0 Å². The number of rotatable bonds is 13. The number of amides is 2. The molecule has 0 aromatic heterocycles. The third-order valence-electron chi connectivity index (χ3n) is 6.38. The van der Waals surface area contributed by atoms with Crippen LogP contribution in [0.4, 0.5) is 9.59 Å². The minimum Gasteiger partial charge on any atom is -0.468 e. The molecule has 0 saturated heterocycles. The summed E-state index contributed by atoms with van der Waals surface area (Å²) in [5.41, 5.74) is 3.83. The number of carbonyl (C=O) groups excluding carboxylic acids is 3. The molecule has 2 aromatic carbocycles. The fourth-order valence-electron chi connectivity index (χ4n) is 4.56. The van der Waals surface area contributed by atoms with Crippen molar-refractivity contribution in [3.8, 4) is 11.1 Å².